The molecule has 0 N–H and O–H groups in total. The first-order valence-corrected chi connectivity index (χ1v) is 32.5. The van der Waals surface area contributed by atoms with E-state index in [1.54, 1.807) is 0 Å². The van der Waals surface area contributed by atoms with Crippen molar-refractivity contribution in [1.82, 2.24) is 0 Å². The van der Waals surface area contributed by atoms with Crippen molar-refractivity contribution in [3.05, 3.63) is 122 Å². The van der Waals surface area contributed by atoms with Crippen LogP contribution in [0.3, 0.4) is 0 Å². The molecule has 6 heteroatoms. The van der Waals surface area contributed by atoms with Crippen LogP contribution in [-0.2, 0) is 28.6 Å². The summed E-state index contributed by atoms with van der Waals surface area (Å²) < 4.78 is 16.8. The largest absolute Gasteiger partial charge is 0.462 e. The molecule has 0 amide bonds. The van der Waals surface area contributed by atoms with E-state index in [0.29, 0.717) is 12.8 Å². The highest BCUT2D eigenvalue weighted by molar-refractivity contribution is 5.71. The molecule has 78 heavy (non-hydrogen) atoms. The van der Waals surface area contributed by atoms with E-state index in [4.69, 9.17) is 14.2 Å². The molecule has 0 aromatic heterocycles. The quantitative estimate of drug-likeness (QED) is 0.0261. The normalized spacial score (nSPS) is 12.9. The summed E-state index contributed by atoms with van der Waals surface area (Å²) in [6, 6.07) is 0. The molecule has 0 aromatic rings. The zero-order chi connectivity index (χ0) is 56.4. The van der Waals surface area contributed by atoms with Gasteiger partial charge in [-0.1, -0.05) is 290 Å². The smallest absolute Gasteiger partial charge is 0.306 e. The Bertz CT molecular complexity index is 1620. The number of rotatable bonds is 58. The lowest BCUT2D eigenvalue weighted by Crippen LogP contribution is -2.30. The SMILES string of the molecule is CC/C=C\C/C=C\C/C=C\C/C=C\C/C=C\CCCCCCCCCCCCCCCCCCCC(=O)OCC(COC(=O)CCCCCCCCCC)OC(=O)CCCCC/C=C\C/C=C\C/C=C\C/C=C\C/C=C\CC. The molecule has 0 aliphatic carbocycles. The molecular weight excluding hydrogens is 961 g/mol. The monoisotopic (exact) mass is 1080 g/mol. The summed E-state index contributed by atoms with van der Waals surface area (Å²) in [5, 5.41) is 0. The van der Waals surface area contributed by atoms with Crippen molar-refractivity contribution in [2.75, 3.05) is 13.2 Å². The maximum absolute atomic E-state index is 12.8. The molecule has 0 aliphatic heterocycles. The molecule has 0 rings (SSSR count). The zero-order valence-corrected chi connectivity index (χ0v) is 50.9. The molecule has 0 heterocycles. The van der Waals surface area contributed by atoms with Gasteiger partial charge in [0.15, 0.2) is 6.10 Å². The predicted molar refractivity (Wildman–Crippen MR) is 339 cm³/mol. The summed E-state index contributed by atoms with van der Waals surface area (Å²) in [5.74, 6) is -0.921. The van der Waals surface area contributed by atoms with E-state index in [-0.39, 0.29) is 37.5 Å². The van der Waals surface area contributed by atoms with E-state index < -0.39 is 6.10 Å². The highest BCUT2D eigenvalue weighted by atomic mass is 16.6. The van der Waals surface area contributed by atoms with Crippen LogP contribution in [0.15, 0.2) is 122 Å². The summed E-state index contributed by atoms with van der Waals surface area (Å²) in [6.07, 6.45) is 90.9. The standard InChI is InChI=1S/C72H120O6/c1-4-7-10-13-16-19-21-23-25-27-29-30-31-32-33-34-35-36-37-38-39-40-41-42-44-45-47-49-51-53-56-59-62-65-71(74)77-68-69(67-76-70(73)64-61-58-55-18-15-12-9-6-3)78-72(75)66-63-60-57-54-52-50-48-46-43-28-26-24-22-20-17-14-11-8-5-2/h7-8,10-11,16-17,19-20,23-26,29-30,32-33,43,46,50,52,69H,4-6,9,12-15,18,21-22,27-28,31,34-42,44-45,47-49,51,53-68H2,1-3H3/b10-7-,11-8-,19-16-,20-17-,25-23-,26-24-,30-29-,33-32-,46-43-,52-50-. The van der Waals surface area contributed by atoms with Crippen LogP contribution in [-0.4, -0.2) is 37.2 Å². The Morgan fingerprint density at radius 1 is 0.269 bits per heavy atom. The van der Waals surface area contributed by atoms with Crippen molar-refractivity contribution in [2.45, 2.75) is 303 Å². The Hall–Kier alpha value is -4.19. The van der Waals surface area contributed by atoms with Crippen LogP contribution < -0.4 is 0 Å². The van der Waals surface area contributed by atoms with Gasteiger partial charge in [-0.15, -0.1) is 0 Å². The molecule has 444 valence electrons. The van der Waals surface area contributed by atoms with Crippen molar-refractivity contribution in [2.24, 2.45) is 0 Å². The summed E-state index contributed by atoms with van der Waals surface area (Å²) >= 11 is 0. The Kier molecular flexibility index (Phi) is 61.8. The highest BCUT2D eigenvalue weighted by Crippen LogP contribution is 2.16. The minimum Gasteiger partial charge on any atom is -0.462 e. The van der Waals surface area contributed by atoms with Gasteiger partial charge >= 0.3 is 17.9 Å². The maximum atomic E-state index is 12.8. The molecule has 0 bridgehead atoms. The molecule has 1 atom stereocenters. The van der Waals surface area contributed by atoms with Crippen molar-refractivity contribution >= 4 is 17.9 Å². The molecule has 0 radical (unpaired) electrons. The molecule has 6 nitrogen and oxygen atoms in total. The van der Waals surface area contributed by atoms with Crippen LogP contribution in [0.5, 0.6) is 0 Å². The van der Waals surface area contributed by atoms with Gasteiger partial charge < -0.3 is 14.2 Å². The predicted octanol–water partition coefficient (Wildman–Crippen LogP) is 22.4. The van der Waals surface area contributed by atoms with Gasteiger partial charge in [0, 0.05) is 19.3 Å². The number of hydrogen-bond donors (Lipinski definition) is 0. The second-order valence-electron chi connectivity index (χ2n) is 21.3. The van der Waals surface area contributed by atoms with E-state index in [1.807, 2.05) is 0 Å². The zero-order valence-electron chi connectivity index (χ0n) is 50.9. The van der Waals surface area contributed by atoms with E-state index in [2.05, 4.69) is 142 Å². The third kappa shape index (κ3) is 62.7. The van der Waals surface area contributed by atoms with Crippen molar-refractivity contribution < 1.29 is 28.6 Å². The van der Waals surface area contributed by atoms with Crippen LogP contribution in [0.25, 0.3) is 0 Å². The number of unbranched alkanes of at least 4 members (excludes halogenated alkanes) is 27. The van der Waals surface area contributed by atoms with E-state index in [9.17, 15) is 14.4 Å². The fourth-order valence-corrected chi connectivity index (χ4v) is 8.91. The number of carbonyl (C=O) groups excluding carboxylic acids is 3. The molecule has 0 spiro atoms. The van der Waals surface area contributed by atoms with Crippen LogP contribution in [0.2, 0.25) is 0 Å². The van der Waals surface area contributed by atoms with Crippen LogP contribution >= 0.6 is 0 Å². The van der Waals surface area contributed by atoms with Crippen LogP contribution in [0.4, 0.5) is 0 Å². The van der Waals surface area contributed by atoms with Crippen molar-refractivity contribution in [1.29, 1.82) is 0 Å². The molecule has 0 fully saturated rings. The molecule has 0 aromatic carbocycles. The summed E-state index contributed by atoms with van der Waals surface area (Å²) in [7, 11) is 0. The van der Waals surface area contributed by atoms with Gasteiger partial charge in [0.2, 0.25) is 0 Å². The third-order valence-electron chi connectivity index (χ3n) is 13.7. The average Bonchev–Trinajstić information content (AvgIpc) is 3.44. The number of hydrogen-bond acceptors (Lipinski definition) is 6. The second kappa shape index (κ2) is 65.3. The first-order valence-electron chi connectivity index (χ1n) is 32.5. The minimum absolute atomic E-state index is 0.0900. The number of carbonyl (C=O) groups is 3. The van der Waals surface area contributed by atoms with E-state index in [0.717, 1.165) is 128 Å². The first kappa shape index (κ1) is 73.8. The third-order valence-corrected chi connectivity index (χ3v) is 13.7. The molecule has 0 aliphatic rings. The molecular formula is C72H120O6. The molecule has 0 saturated carbocycles. The fraction of sp³-hybridized carbons (Fsp3) is 0.681. The highest BCUT2D eigenvalue weighted by Gasteiger charge is 2.19. The van der Waals surface area contributed by atoms with Crippen molar-refractivity contribution in [3.63, 3.8) is 0 Å². The van der Waals surface area contributed by atoms with Gasteiger partial charge in [-0.05, 0) is 109 Å². The van der Waals surface area contributed by atoms with Crippen LogP contribution in [0.1, 0.15) is 297 Å². The van der Waals surface area contributed by atoms with Gasteiger partial charge in [-0.2, -0.15) is 0 Å². The van der Waals surface area contributed by atoms with Gasteiger partial charge in [0.1, 0.15) is 13.2 Å². The van der Waals surface area contributed by atoms with Gasteiger partial charge in [0.05, 0.1) is 0 Å². The maximum Gasteiger partial charge on any atom is 0.306 e. The Labute approximate surface area is 482 Å². The Morgan fingerprint density at radius 3 is 0.795 bits per heavy atom. The van der Waals surface area contributed by atoms with E-state index in [1.165, 1.54) is 128 Å². The summed E-state index contributed by atoms with van der Waals surface area (Å²) in [5.41, 5.74) is 0. The molecule has 1 unspecified atom stereocenters. The number of ether oxygens (including phenoxy) is 3. The van der Waals surface area contributed by atoms with Crippen molar-refractivity contribution in [3.8, 4) is 0 Å². The second-order valence-corrected chi connectivity index (χ2v) is 21.3. The van der Waals surface area contributed by atoms with Gasteiger partial charge in [0.25, 0.3) is 0 Å². The lowest BCUT2D eigenvalue weighted by molar-refractivity contribution is -0.167. The van der Waals surface area contributed by atoms with Gasteiger partial charge in [-0.25, -0.2) is 0 Å². The fourth-order valence-electron chi connectivity index (χ4n) is 8.91. The first-order chi connectivity index (χ1) is 38.5. The topological polar surface area (TPSA) is 78.9 Å². The number of esters is 3. The lowest BCUT2D eigenvalue weighted by atomic mass is 10.0. The minimum atomic E-state index is -0.794. The van der Waals surface area contributed by atoms with E-state index >= 15 is 0 Å². The Balaban J connectivity index is 4.12. The summed E-state index contributed by atoms with van der Waals surface area (Å²) in [6.45, 7) is 6.37. The average molecular weight is 1080 g/mol. The van der Waals surface area contributed by atoms with Gasteiger partial charge in [-0.3, -0.25) is 14.4 Å². The Morgan fingerprint density at radius 2 is 0.500 bits per heavy atom. The van der Waals surface area contributed by atoms with Crippen LogP contribution in [0, 0.1) is 0 Å². The summed E-state index contributed by atoms with van der Waals surface area (Å²) in [4.78, 5) is 38.1. The number of allylic oxidation sites excluding steroid dienone is 20. The molecule has 0 saturated heterocycles. The lowest BCUT2D eigenvalue weighted by Gasteiger charge is -2.18.